The van der Waals surface area contributed by atoms with Gasteiger partial charge in [-0.1, -0.05) is 39.0 Å². The zero-order valence-corrected chi connectivity index (χ0v) is 11.0. The molecule has 3 aliphatic carbocycles. The van der Waals surface area contributed by atoms with E-state index in [9.17, 15) is 0 Å². The van der Waals surface area contributed by atoms with Gasteiger partial charge in [0.1, 0.15) is 11.9 Å². The van der Waals surface area contributed by atoms with Crippen molar-refractivity contribution in [2.24, 2.45) is 23.2 Å². The van der Waals surface area contributed by atoms with Crippen LogP contribution in [-0.4, -0.2) is 6.10 Å². The molecule has 0 heterocycles. The van der Waals surface area contributed by atoms with E-state index in [-0.39, 0.29) is 0 Å². The van der Waals surface area contributed by atoms with Gasteiger partial charge in [0.25, 0.3) is 0 Å². The molecular weight excluding hydrogens is 208 g/mol. The zero-order chi connectivity index (χ0) is 12.0. The minimum Gasteiger partial charge on any atom is -0.490 e. The maximum atomic E-state index is 6.16. The first-order valence-corrected chi connectivity index (χ1v) is 6.80. The van der Waals surface area contributed by atoms with Gasteiger partial charge in [-0.15, -0.1) is 0 Å². The highest BCUT2D eigenvalue weighted by molar-refractivity contribution is 5.22. The first kappa shape index (κ1) is 11.1. The molecule has 3 saturated carbocycles. The van der Waals surface area contributed by atoms with Gasteiger partial charge >= 0.3 is 0 Å². The molecule has 4 atom stereocenters. The summed E-state index contributed by atoms with van der Waals surface area (Å²) in [7, 11) is 0. The van der Waals surface area contributed by atoms with E-state index < -0.39 is 0 Å². The SMILES string of the molecule is C[C@@H]1[C@H](Oc2ccccc2)C[C@H]2C[C@@H]1C2(C)C. The lowest BCUT2D eigenvalue weighted by molar-refractivity contribution is -0.147. The monoisotopic (exact) mass is 230 g/mol. The fourth-order valence-corrected chi connectivity index (χ4v) is 3.93. The normalized spacial score (nSPS) is 38.3. The molecule has 0 saturated heterocycles. The Morgan fingerprint density at radius 3 is 2.41 bits per heavy atom. The molecular formula is C16H22O. The Morgan fingerprint density at radius 1 is 1.12 bits per heavy atom. The van der Waals surface area contributed by atoms with Crippen LogP contribution in [0.4, 0.5) is 0 Å². The molecule has 0 radical (unpaired) electrons. The highest BCUT2D eigenvalue weighted by Gasteiger charge is 2.56. The van der Waals surface area contributed by atoms with Crippen LogP contribution in [0, 0.1) is 23.2 Å². The van der Waals surface area contributed by atoms with E-state index in [0.29, 0.717) is 17.4 Å². The summed E-state index contributed by atoms with van der Waals surface area (Å²) < 4.78 is 6.16. The molecule has 0 aliphatic heterocycles. The van der Waals surface area contributed by atoms with Crippen molar-refractivity contribution in [3.8, 4) is 5.75 Å². The Balaban J connectivity index is 1.71. The van der Waals surface area contributed by atoms with E-state index in [4.69, 9.17) is 4.74 Å². The van der Waals surface area contributed by atoms with E-state index in [0.717, 1.165) is 17.6 Å². The molecule has 0 unspecified atom stereocenters. The molecule has 1 nitrogen and oxygen atoms in total. The molecule has 92 valence electrons. The Kier molecular flexibility index (Phi) is 2.46. The first-order chi connectivity index (χ1) is 8.09. The average molecular weight is 230 g/mol. The lowest BCUT2D eigenvalue weighted by Gasteiger charge is -2.61. The Labute approximate surface area is 104 Å². The second-order valence-electron chi connectivity index (χ2n) is 6.42. The summed E-state index contributed by atoms with van der Waals surface area (Å²) in [6.45, 7) is 7.23. The Hall–Kier alpha value is -0.980. The molecule has 0 amide bonds. The molecule has 0 N–H and O–H groups in total. The third-order valence-corrected chi connectivity index (χ3v) is 5.31. The van der Waals surface area contributed by atoms with Crippen molar-refractivity contribution < 1.29 is 4.74 Å². The third-order valence-electron chi connectivity index (χ3n) is 5.31. The average Bonchev–Trinajstić information content (AvgIpc) is 2.32. The van der Waals surface area contributed by atoms with Gasteiger partial charge in [-0.05, 0) is 48.1 Å². The summed E-state index contributed by atoms with van der Waals surface area (Å²) in [5, 5.41) is 0. The number of benzene rings is 1. The van der Waals surface area contributed by atoms with Crippen LogP contribution >= 0.6 is 0 Å². The van der Waals surface area contributed by atoms with Gasteiger partial charge in [-0.2, -0.15) is 0 Å². The van der Waals surface area contributed by atoms with E-state index >= 15 is 0 Å². The number of rotatable bonds is 2. The number of fused-ring (bicyclic) bond motifs is 2. The van der Waals surface area contributed by atoms with Gasteiger partial charge in [0.2, 0.25) is 0 Å². The predicted octanol–water partition coefficient (Wildman–Crippen LogP) is 4.14. The molecule has 3 aliphatic rings. The van der Waals surface area contributed by atoms with Crippen molar-refractivity contribution in [1.82, 2.24) is 0 Å². The number of ether oxygens (including phenoxy) is 1. The molecule has 0 aromatic heterocycles. The smallest absolute Gasteiger partial charge is 0.119 e. The fraction of sp³-hybridized carbons (Fsp3) is 0.625. The van der Waals surface area contributed by atoms with Crippen molar-refractivity contribution in [2.75, 3.05) is 0 Å². The predicted molar refractivity (Wildman–Crippen MR) is 70.0 cm³/mol. The maximum Gasteiger partial charge on any atom is 0.119 e. The molecule has 3 fully saturated rings. The molecule has 4 rings (SSSR count). The number of hydrogen-bond acceptors (Lipinski definition) is 1. The van der Waals surface area contributed by atoms with Crippen LogP contribution in [0.5, 0.6) is 5.75 Å². The molecule has 0 spiro atoms. The van der Waals surface area contributed by atoms with Crippen LogP contribution in [0.1, 0.15) is 33.6 Å². The van der Waals surface area contributed by atoms with Crippen LogP contribution in [0.25, 0.3) is 0 Å². The number of para-hydroxylation sites is 1. The van der Waals surface area contributed by atoms with E-state index in [1.807, 2.05) is 18.2 Å². The number of hydrogen-bond donors (Lipinski definition) is 0. The standard InChI is InChI=1S/C16H22O/c1-11-14-9-12(16(14,2)3)10-15(11)17-13-7-5-4-6-8-13/h4-8,11-12,14-15H,9-10H2,1-3H3/t11-,12+,14-,15+/m0/s1. The highest BCUT2D eigenvalue weighted by atomic mass is 16.5. The Bertz CT molecular complexity index is 395. The van der Waals surface area contributed by atoms with Gasteiger partial charge in [-0.3, -0.25) is 0 Å². The summed E-state index contributed by atoms with van der Waals surface area (Å²) in [4.78, 5) is 0. The minimum absolute atomic E-state index is 0.425. The first-order valence-electron chi connectivity index (χ1n) is 6.80. The van der Waals surface area contributed by atoms with E-state index in [1.165, 1.54) is 12.8 Å². The van der Waals surface area contributed by atoms with Gasteiger partial charge in [0.15, 0.2) is 0 Å². The summed E-state index contributed by atoms with van der Waals surface area (Å²) in [6, 6.07) is 10.3. The van der Waals surface area contributed by atoms with Crippen molar-refractivity contribution in [1.29, 1.82) is 0 Å². The van der Waals surface area contributed by atoms with Crippen molar-refractivity contribution >= 4 is 0 Å². The lowest BCUT2D eigenvalue weighted by atomic mass is 9.45. The summed E-state index contributed by atoms with van der Waals surface area (Å²) in [5.74, 6) is 3.45. The van der Waals surface area contributed by atoms with Crippen LogP contribution in [0.2, 0.25) is 0 Å². The van der Waals surface area contributed by atoms with Gasteiger partial charge in [0.05, 0.1) is 0 Å². The van der Waals surface area contributed by atoms with Gasteiger partial charge in [0, 0.05) is 0 Å². The largest absolute Gasteiger partial charge is 0.490 e. The minimum atomic E-state index is 0.425. The molecule has 1 heteroatoms. The fourth-order valence-electron chi connectivity index (χ4n) is 3.93. The van der Waals surface area contributed by atoms with Crippen molar-refractivity contribution in [2.45, 2.75) is 39.7 Å². The van der Waals surface area contributed by atoms with Crippen LogP contribution in [0.3, 0.4) is 0 Å². The topological polar surface area (TPSA) is 9.23 Å². The van der Waals surface area contributed by atoms with Crippen LogP contribution < -0.4 is 4.74 Å². The lowest BCUT2D eigenvalue weighted by Crippen LogP contribution is -2.57. The van der Waals surface area contributed by atoms with Crippen LogP contribution in [0.15, 0.2) is 30.3 Å². The summed E-state index contributed by atoms with van der Waals surface area (Å²) in [5.41, 5.74) is 0.552. The Morgan fingerprint density at radius 2 is 1.82 bits per heavy atom. The molecule has 17 heavy (non-hydrogen) atoms. The van der Waals surface area contributed by atoms with Gasteiger partial charge in [-0.25, -0.2) is 0 Å². The second-order valence-corrected chi connectivity index (χ2v) is 6.42. The van der Waals surface area contributed by atoms with Crippen molar-refractivity contribution in [3.63, 3.8) is 0 Å². The molecule has 1 aromatic carbocycles. The van der Waals surface area contributed by atoms with Crippen LogP contribution in [-0.2, 0) is 0 Å². The summed E-state index contributed by atoms with van der Waals surface area (Å²) in [6.07, 6.45) is 3.08. The third kappa shape index (κ3) is 1.67. The maximum absolute atomic E-state index is 6.16. The van der Waals surface area contributed by atoms with Gasteiger partial charge < -0.3 is 4.74 Å². The zero-order valence-electron chi connectivity index (χ0n) is 11.0. The molecule has 1 aromatic rings. The van der Waals surface area contributed by atoms with E-state index in [2.05, 4.69) is 32.9 Å². The molecule has 2 bridgehead atoms. The highest BCUT2D eigenvalue weighted by Crippen LogP contribution is 2.61. The van der Waals surface area contributed by atoms with Crippen molar-refractivity contribution in [3.05, 3.63) is 30.3 Å². The van der Waals surface area contributed by atoms with E-state index in [1.54, 1.807) is 0 Å². The second kappa shape index (κ2) is 3.76. The summed E-state index contributed by atoms with van der Waals surface area (Å²) >= 11 is 0. The quantitative estimate of drug-likeness (QED) is 0.742.